The highest BCUT2D eigenvalue weighted by atomic mass is 16.5. The minimum absolute atomic E-state index is 0.258. The summed E-state index contributed by atoms with van der Waals surface area (Å²) in [7, 11) is 0. The minimum Gasteiger partial charge on any atom is -0.501 e. The van der Waals surface area contributed by atoms with E-state index in [9.17, 15) is 4.79 Å². The number of furan rings is 1. The van der Waals surface area contributed by atoms with Crippen LogP contribution in [-0.4, -0.2) is 10.9 Å². The van der Waals surface area contributed by atoms with Crippen molar-refractivity contribution in [3.63, 3.8) is 0 Å². The second-order valence-corrected chi connectivity index (χ2v) is 2.59. The third-order valence-electron chi connectivity index (χ3n) is 1.75. The van der Waals surface area contributed by atoms with E-state index in [1.54, 1.807) is 12.1 Å². The van der Waals surface area contributed by atoms with E-state index in [4.69, 9.17) is 20.0 Å². The molecule has 13 heavy (non-hydrogen) atoms. The van der Waals surface area contributed by atoms with Crippen LogP contribution >= 0.6 is 0 Å². The van der Waals surface area contributed by atoms with Gasteiger partial charge >= 0.3 is 0 Å². The maximum atomic E-state index is 11.2. The standard InChI is InChI=1S/C8H7NO4/c9-8-6(11)5(10)7(13-8)4-2-1-3-12-4/h1-3,7,11H,9H2/t7-/m0/s1. The Balaban J connectivity index is 2.29. The Labute approximate surface area is 73.4 Å². The van der Waals surface area contributed by atoms with Crippen molar-refractivity contribution in [3.8, 4) is 0 Å². The van der Waals surface area contributed by atoms with E-state index in [2.05, 4.69) is 0 Å². The van der Waals surface area contributed by atoms with Gasteiger partial charge in [0, 0.05) is 0 Å². The summed E-state index contributed by atoms with van der Waals surface area (Å²) in [6.07, 6.45) is 0.479. The van der Waals surface area contributed by atoms with Crippen LogP contribution in [0, 0.1) is 0 Å². The lowest BCUT2D eigenvalue weighted by atomic mass is 10.2. The summed E-state index contributed by atoms with van der Waals surface area (Å²) in [5.74, 6) is -1.04. The van der Waals surface area contributed by atoms with Gasteiger partial charge in [0.2, 0.25) is 17.7 Å². The van der Waals surface area contributed by atoms with E-state index in [1.165, 1.54) is 6.26 Å². The minimum atomic E-state index is -0.935. The van der Waals surface area contributed by atoms with E-state index < -0.39 is 17.6 Å². The molecule has 0 unspecified atom stereocenters. The molecule has 68 valence electrons. The number of aliphatic hydroxyl groups is 1. The number of ether oxygens (including phenoxy) is 1. The number of carbonyl (C=O) groups is 1. The number of hydrogen-bond acceptors (Lipinski definition) is 5. The molecular formula is C8H7NO4. The molecule has 1 aromatic rings. The van der Waals surface area contributed by atoms with E-state index in [0.717, 1.165) is 0 Å². The topological polar surface area (TPSA) is 85.7 Å². The van der Waals surface area contributed by atoms with Crippen molar-refractivity contribution in [2.45, 2.75) is 6.10 Å². The average molecular weight is 181 g/mol. The van der Waals surface area contributed by atoms with Crippen molar-refractivity contribution >= 4 is 5.78 Å². The molecule has 1 aromatic heterocycles. The molecule has 1 aliphatic rings. The lowest BCUT2D eigenvalue weighted by molar-refractivity contribution is -0.124. The zero-order chi connectivity index (χ0) is 9.42. The number of aliphatic hydroxyl groups excluding tert-OH is 1. The Morgan fingerprint density at radius 1 is 1.54 bits per heavy atom. The first-order valence-corrected chi connectivity index (χ1v) is 3.63. The van der Waals surface area contributed by atoms with Crippen LogP contribution in [0.4, 0.5) is 0 Å². The molecule has 0 bridgehead atoms. The van der Waals surface area contributed by atoms with Gasteiger partial charge in [0.1, 0.15) is 0 Å². The molecule has 1 aliphatic heterocycles. The van der Waals surface area contributed by atoms with Crippen molar-refractivity contribution in [2.24, 2.45) is 5.73 Å². The van der Waals surface area contributed by atoms with Gasteiger partial charge in [0.05, 0.1) is 6.26 Å². The fourth-order valence-electron chi connectivity index (χ4n) is 1.11. The normalized spacial score (nSPS) is 22.2. The second kappa shape index (κ2) is 2.55. The molecule has 5 heteroatoms. The van der Waals surface area contributed by atoms with Crippen molar-refractivity contribution < 1.29 is 19.1 Å². The number of hydrogen-bond donors (Lipinski definition) is 2. The zero-order valence-corrected chi connectivity index (χ0v) is 6.56. The van der Waals surface area contributed by atoms with Crippen LogP contribution in [-0.2, 0) is 9.53 Å². The summed E-state index contributed by atoms with van der Waals surface area (Å²) in [6.45, 7) is 0. The first-order chi connectivity index (χ1) is 6.20. The fourth-order valence-corrected chi connectivity index (χ4v) is 1.11. The second-order valence-electron chi connectivity index (χ2n) is 2.59. The zero-order valence-electron chi connectivity index (χ0n) is 6.56. The smallest absolute Gasteiger partial charge is 0.251 e. The van der Waals surface area contributed by atoms with Crippen LogP contribution in [0.2, 0.25) is 0 Å². The molecule has 0 radical (unpaired) electrons. The summed E-state index contributed by atoms with van der Waals surface area (Å²) >= 11 is 0. The highest BCUT2D eigenvalue weighted by Gasteiger charge is 2.37. The van der Waals surface area contributed by atoms with Gasteiger partial charge in [-0.25, -0.2) is 0 Å². The van der Waals surface area contributed by atoms with Gasteiger partial charge in [0.25, 0.3) is 5.78 Å². The molecule has 0 aliphatic carbocycles. The molecule has 0 saturated heterocycles. The molecule has 2 heterocycles. The molecule has 1 atom stereocenters. The summed E-state index contributed by atoms with van der Waals surface area (Å²) < 4.78 is 9.84. The van der Waals surface area contributed by atoms with Crippen LogP contribution in [0.15, 0.2) is 34.5 Å². The van der Waals surface area contributed by atoms with Crippen molar-refractivity contribution in [1.82, 2.24) is 0 Å². The lowest BCUT2D eigenvalue weighted by Crippen LogP contribution is -2.08. The Morgan fingerprint density at radius 3 is 2.77 bits per heavy atom. The summed E-state index contributed by atoms with van der Waals surface area (Å²) in [5.41, 5.74) is 5.21. The van der Waals surface area contributed by atoms with Crippen LogP contribution in [0.1, 0.15) is 11.9 Å². The average Bonchev–Trinajstić information content (AvgIpc) is 2.70. The van der Waals surface area contributed by atoms with E-state index in [1.807, 2.05) is 0 Å². The highest BCUT2D eigenvalue weighted by Crippen LogP contribution is 2.29. The van der Waals surface area contributed by atoms with Gasteiger partial charge in [0.15, 0.2) is 5.76 Å². The Kier molecular flexibility index (Phi) is 1.51. The Hall–Kier alpha value is -1.91. The van der Waals surface area contributed by atoms with E-state index in [0.29, 0.717) is 5.76 Å². The maximum absolute atomic E-state index is 11.2. The summed E-state index contributed by atoms with van der Waals surface area (Å²) in [6, 6.07) is 3.20. The predicted molar refractivity (Wildman–Crippen MR) is 41.4 cm³/mol. The monoisotopic (exact) mass is 181 g/mol. The summed E-state index contributed by atoms with van der Waals surface area (Å²) in [5, 5.41) is 9.07. The Morgan fingerprint density at radius 2 is 2.31 bits per heavy atom. The van der Waals surface area contributed by atoms with Gasteiger partial charge < -0.3 is 20.0 Å². The van der Waals surface area contributed by atoms with Crippen molar-refractivity contribution in [1.29, 1.82) is 0 Å². The quantitative estimate of drug-likeness (QED) is 0.662. The van der Waals surface area contributed by atoms with Crippen molar-refractivity contribution in [2.75, 3.05) is 0 Å². The number of carbonyl (C=O) groups excluding carboxylic acids is 1. The number of Topliss-reactive ketones (excluding diaryl/α,β-unsaturated/α-hetero) is 1. The highest BCUT2D eigenvalue weighted by molar-refractivity contribution is 5.99. The van der Waals surface area contributed by atoms with Gasteiger partial charge in [-0.1, -0.05) is 0 Å². The SMILES string of the molecule is NC1=C(O)C(=O)[C@H](c2ccco2)O1. The van der Waals surface area contributed by atoms with Crippen LogP contribution < -0.4 is 5.73 Å². The molecule has 0 amide bonds. The molecule has 5 nitrogen and oxygen atoms in total. The summed E-state index contributed by atoms with van der Waals surface area (Å²) in [4.78, 5) is 11.2. The molecule has 0 aromatic carbocycles. The number of ketones is 1. The van der Waals surface area contributed by atoms with Gasteiger partial charge in [-0.3, -0.25) is 4.79 Å². The van der Waals surface area contributed by atoms with Gasteiger partial charge in [-0.05, 0) is 12.1 Å². The molecular weight excluding hydrogens is 174 g/mol. The molecule has 0 saturated carbocycles. The fraction of sp³-hybridized carbons (Fsp3) is 0.125. The van der Waals surface area contributed by atoms with E-state index >= 15 is 0 Å². The molecule has 0 spiro atoms. The predicted octanol–water partition coefficient (Wildman–Crippen LogP) is 0.606. The van der Waals surface area contributed by atoms with Crippen molar-refractivity contribution in [3.05, 3.63) is 35.8 Å². The largest absolute Gasteiger partial charge is 0.501 e. The van der Waals surface area contributed by atoms with Gasteiger partial charge in [-0.2, -0.15) is 0 Å². The number of nitrogens with two attached hydrogens (primary N) is 1. The van der Waals surface area contributed by atoms with Gasteiger partial charge in [-0.15, -0.1) is 0 Å². The van der Waals surface area contributed by atoms with E-state index in [-0.39, 0.29) is 5.88 Å². The molecule has 3 N–H and O–H groups in total. The van der Waals surface area contributed by atoms with Crippen LogP contribution in [0.5, 0.6) is 0 Å². The van der Waals surface area contributed by atoms with Crippen LogP contribution in [0.25, 0.3) is 0 Å². The maximum Gasteiger partial charge on any atom is 0.251 e. The number of rotatable bonds is 1. The molecule has 0 fully saturated rings. The lowest BCUT2D eigenvalue weighted by Gasteiger charge is -2.04. The third kappa shape index (κ3) is 1.05. The first kappa shape index (κ1) is 7.72. The Bertz CT molecular complexity index is 366. The first-order valence-electron chi connectivity index (χ1n) is 3.63. The third-order valence-corrected chi connectivity index (χ3v) is 1.75. The molecule has 2 rings (SSSR count). The van der Waals surface area contributed by atoms with Crippen LogP contribution in [0.3, 0.4) is 0 Å².